The molecule has 2 fully saturated rings. The maximum absolute atomic E-state index is 13.2. The summed E-state index contributed by atoms with van der Waals surface area (Å²) in [7, 11) is 1.59. The molecule has 2 aliphatic heterocycles. The lowest BCUT2D eigenvalue weighted by Crippen LogP contribution is -2.43. The minimum absolute atomic E-state index is 0.0377. The highest BCUT2D eigenvalue weighted by Gasteiger charge is 2.34. The minimum Gasteiger partial charge on any atom is -0.381 e. The normalized spacial score (nSPS) is 21.4. The molecular weight excluding hydrogens is 346 g/mol. The highest BCUT2D eigenvalue weighted by Crippen LogP contribution is 2.33. The summed E-state index contributed by atoms with van der Waals surface area (Å²) < 4.78 is 7.12. The third-order valence-corrected chi connectivity index (χ3v) is 5.60. The van der Waals surface area contributed by atoms with Gasteiger partial charge in [0.1, 0.15) is 5.56 Å². The van der Waals surface area contributed by atoms with E-state index in [1.807, 2.05) is 11.0 Å². The van der Waals surface area contributed by atoms with Crippen LogP contribution in [0.15, 0.2) is 18.5 Å². The van der Waals surface area contributed by atoms with Crippen molar-refractivity contribution in [2.45, 2.75) is 38.1 Å². The summed E-state index contributed by atoms with van der Waals surface area (Å²) in [5.41, 5.74) is 1.88. The van der Waals surface area contributed by atoms with E-state index in [9.17, 15) is 9.59 Å². The van der Waals surface area contributed by atoms with Crippen LogP contribution in [0.4, 0.5) is 0 Å². The molecular formula is C19H25N5O3. The zero-order valence-corrected chi connectivity index (χ0v) is 15.6. The SMILES string of the molecule is CNC(=O)c1cnn2c([C@H]3CCCCN3C(=O)C3CCOCC3)ccnc12. The van der Waals surface area contributed by atoms with E-state index in [0.717, 1.165) is 44.3 Å². The van der Waals surface area contributed by atoms with Gasteiger partial charge in [-0.05, 0) is 38.2 Å². The van der Waals surface area contributed by atoms with Gasteiger partial charge in [-0.3, -0.25) is 9.59 Å². The van der Waals surface area contributed by atoms with Crippen molar-refractivity contribution in [2.75, 3.05) is 26.8 Å². The number of carbonyl (C=O) groups excluding carboxylic acids is 2. The van der Waals surface area contributed by atoms with Crippen LogP contribution < -0.4 is 5.32 Å². The Hall–Kier alpha value is -2.48. The first kappa shape index (κ1) is 17.9. The zero-order chi connectivity index (χ0) is 18.8. The Morgan fingerprint density at radius 2 is 2.04 bits per heavy atom. The molecule has 0 unspecified atom stereocenters. The largest absolute Gasteiger partial charge is 0.381 e. The molecule has 0 aromatic carbocycles. The second-order valence-corrected chi connectivity index (χ2v) is 7.17. The smallest absolute Gasteiger partial charge is 0.256 e. The van der Waals surface area contributed by atoms with Crippen LogP contribution in [0.3, 0.4) is 0 Å². The molecule has 4 heterocycles. The Kier molecular flexibility index (Phi) is 5.07. The Morgan fingerprint density at radius 1 is 1.22 bits per heavy atom. The number of hydrogen-bond donors (Lipinski definition) is 1. The number of nitrogens with zero attached hydrogens (tertiary/aromatic N) is 4. The molecule has 144 valence electrons. The van der Waals surface area contributed by atoms with Crippen LogP contribution in [-0.4, -0.2) is 58.1 Å². The van der Waals surface area contributed by atoms with E-state index >= 15 is 0 Å². The van der Waals surface area contributed by atoms with Gasteiger partial charge < -0.3 is 15.0 Å². The van der Waals surface area contributed by atoms with Crippen molar-refractivity contribution in [3.05, 3.63) is 29.7 Å². The third kappa shape index (κ3) is 3.29. The molecule has 0 aliphatic carbocycles. The highest BCUT2D eigenvalue weighted by atomic mass is 16.5. The van der Waals surface area contributed by atoms with Gasteiger partial charge in [0.05, 0.1) is 17.9 Å². The molecule has 4 rings (SSSR count). The minimum atomic E-state index is -0.214. The number of piperidine rings is 1. The van der Waals surface area contributed by atoms with E-state index in [0.29, 0.717) is 24.4 Å². The summed E-state index contributed by atoms with van der Waals surface area (Å²) in [5, 5.41) is 7.02. The average Bonchev–Trinajstić information content (AvgIpc) is 3.17. The molecule has 8 nitrogen and oxygen atoms in total. The monoisotopic (exact) mass is 371 g/mol. The fourth-order valence-corrected chi connectivity index (χ4v) is 4.14. The predicted molar refractivity (Wildman–Crippen MR) is 98.2 cm³/mol. The molecule has 27 heavy (non-hydrogen) atoms. The standard InChI is InChI=1S/C19H25N5O3/c1-20-18(25)14-12-22-24-16(5-8-21-17(14)24)15-4-2-3-9-23(15)19(26)13-6-10-27-11-7-13/h5,8,12-13,15H,2-4,6-7,9-11H2,1H3,(H,20,25)/t15-/m1/s1. The molecule has 2 aliphatic rings. The number of rotatable bonds is 3. The van der Waals surface area contributed by atoms with Crippen LogP contribution in [0.1, 0.15) is 54.2 Å². The van der Waals surface area contributed by atoms with Gasteiger partial charge in [-0.2, -0.15) is 5.10 Å². The highest BCUT2D eigenvalue weighted by molar-refractivity contribution is 5.99. The first-order chi connectivity index (χ1) is 13.2. The van der Waals surface area contributed by atoms with Crippen LogP contribution in [0, 0.1) is 5.92 Å². The number of amides is 2. The Bertz CT molecular complexity index is 843. The van der Waals surface area contributed by atoms with E-state index in [2.05, 4.69) is 15.4 Å². The number of nitrogens with one attached hydrogen (secondary N) is 1. The second kappa shape index (κ2) is 7.64. The summed E-state index contributed by atoms with van der Waals surface area (Å²) >= 11 is 0. The van der Waals surface area contributed by atoms with Crippen molar-refractivity contribution in [1.82, 2.24) is 24.8 Å². The van der Waals surface area contributed by atoms with Crippen LogP contribution in [-0.2, 0) is 9.53 Å². The number of aromatic nitrogens is 3. The lowest BCUT2D eigenvalue weighted by molar-refractivity contribution is -0.142. The van der Waals surface area contributed by atoms with Crippen molar-refractivity contribution in [3.63, 3.8) is 0 Å². The van der Waals surface area contributed by atoms with Crippen LogP contribution in [0.5, 0.6) is 0 Å². The molecule has 1 N–H and O–H groups in total. The molecule has 1 atom stereocenters. The number of ether oxygens (including phenoxy) is 1. The van der Waals surface area contributed by atoms with Crippen molar-refractivity contribution < 1.29 is 14.3 Å². The third-order valence-electron chi connectivity index (χ3n) is 5.60. The van der Waals surface area contributed by atoms with Crippen LogP contribution in [0.25, 0.3) is 5.65 Å². The van der Waals surface area contributed by atoms with Crippen molar-refractivity contribution in [3.8, 4) is 0 Å². The summed E-state index contributed by atoms with van der Waals surface area (Å²) in [6.07, 6.45) is 7.79. The molecule has 0 saturated carbocycles. The molecule has 0 bridgehead atoms. The fourth-order valence-electron chi connectivity index (χ4n) is 4.14. The molecule has 2 amide bonds. The molecule has 0 spiro atoms. The van der Waals surface area contributed by atoms with Gasteiger partial charge in [-0.15, -0.1) is 0 Å². The summed E-state index contributed by atoms with van der Waals surface area (Å²) in [4.78, 5) is 31.6. The summed E-state index contributed by atoms with van der Waals surface area (Å²) in [6, 6.07) is 1.87. The van der Waals surface area contributed by atoms with E-state index < -0.39 is 0 Å². The van der Waals surface area contributed by atoms with Crippen molar-refractivity contribution in [2.24, 2.45) is 5.92 Å². The zero-order valence-electron chi connectivity index (χ0n) is 15.6. The second-order valence-electron chi connectivity index (χ2n) is 7.17. The predicted octanol–water partition coefficient (Wildman–Crippen LogP) is 1.57. The number of carbonyl (C=O) groups is 2. The fraction of sp³-hybridized carbons (Fsp3) is 0.579. The Balaban J connectivity index is 1.68. The van der Waals surface area contributed by atoms with Crippen LogP contribution >= 0.6 is 0 Å². The van der Waals surface area contributed by atoms with Crippen molar-refractivity contribution >= 4 is 17.5 Å². The topological polar surface area (TPSA) is 88.8 Å². The first-order valence-electron chi connectivity index (χ1n) is 9.63. The Labute approximate surface area is 157 Å². The summed E-state index contributed by atoms with van der Waals surface area (Å²) in [5.74, 6) is 0.0378. The quantitative estimate of drug-likeness (QED) is 0.885. The van der Waals surface area contributed by atoms with Gasteiger partial charge in [0.25, 0.3) is 5.91 Å². The van der Waals surface area contributed by atoms with Gasteiger partial charge in [0.15, 0.2) is 5.65 Å². The van der Waals surface area contributed by atoms with Gasteiger partial charge in [-0.1, -0.05) is 0 Å². The molecule has 0 radical (unpaired) electrons. The average molecular weight is 371 g/mol. The lowest BCUT2D eigenvalue weighted by atomic mass is 9.93. The maximum Gasteiger partial charge on any atom is 0.256 e. The molecule has 2 aromatic heterocycles. The van der Waals surface area contributed by atoms with Gasteiger partial charge >= 0.3 is 0 Å². The number of hydrogen-bond acceptors (Lipinski definition) is 5. The van der Waals surface area contributed by atoms with Gasteiger partial charge in [0.2, 0.25) is 5.91 Å². The van der Waals surface area contributed by atoms with E-state index in [1.54, 1.807) is 17.8 Å². The Morgan fingerprint density at radius 3 is 2.81 bits per heavy atom. The van der Waals surface area contributed by atoms with Gasteiger partial charge in [0, 0.05) is 38.9 Å². The van der Waals surface area contributed by atoms with Crippen LogP contribution in [0.2, 0.25) is 0 Å². The molecule has 8 heteroatoms. The van der Waals surface area contributed by atoms with Gasteiger partial charge in [-0.25, -0.2) is 9.50 Å². The molecule has 2 aromatic rings. The van der Waals surface area contributed by atoms with E-state index in [-0.39, 0.29) is 23.8 Å². The van der Waals surface area contributed by atoms with Crippen molar-refractivity contribution in [1.29, 1.82) is 0 Å². The molecule has 2 saturated heterocycles. The van der Waals surface area contributed by atoms with E-state index in [4.69, 9.17) is 4.74 Å². The number of fused-ring (bicyclic) bond motifs is 1. The van der Waals surface area contributed by atoms with E-state index in [1.165, 1.54) is 6.20 Å². The maximum atomic E-state index is 13.2. The lowest BCUT2D eigenvalue weighted by Gasteiger charge is -2.38. The number of likely N-dealkylation sites (tertiary alicyclic amines) is 1. The summed E-state index contributed by atoms with van der Waals surface area (Å²) in [6.45, 7) is 2.07. The first-order valence-corrected chi connectivity index (χ1v) is 9.63.